The van der Waals surface area contributed by atoms with Gasteiger partial charge >= 0.3 is 53.6 Å². The van der Waals surface area contributed by atoms with E-state index in [4.69, 9.17) is 0 Å². The second kappa shape index (κ2) is 14.3. The minimum atomic E-state index is -8.92. The topological polar surface area (TPSA) is 0 Å². The third kappa shape index (κ3) is 7.26. The SMILES string of the molecule is CCC[C@H]1CC[C@H](C2CCC(CCc3ccc(C(F)(F)C(F)(F)C(F)(F)C(F)(F)C(F)(F)C(F)(F)C(F)(F)C(F)(F)C(F)(F)F)cc3)CC2)CC1. The molecule has 0 aliphatic heterocycles. The minimum Gasteiger partial charge on any atom is -0.194 e. The van der Waals surface area contributed by atoms with E-state index < -0.39 is 59.1 Å². The van der Waals surface area contributed by atoms with E-state index in [0.717, 1.165) is 50.9 Å². The standard InChI is InChI=1S/C32H35F19/c1-2-3-18-6-12-21(13-7-18)22-14-8-19(9-15-22)4-5-20-10-16-23(17-11-20)24(33,34)25(35,36)26(37,38)27(39,40)28(41,42)29(43,44)30(45,46)31(47,48)32(49,50)51/h10-11,16-19,21-22H,2-9,12-15H2,1H3/t18-,19?,21-,22?. The van der Waals surface area contributed by atoms with Gasteiger partial charge in [0.05, 0.1) is 0 Å². The molecule has 2 aliphatic rings. The Balaban J connectivity index is 1.72. The van der Waals surface area contributed by atoms with E-state index in [2.05, 4.69) is 6.92 Å². The Morgan fingerprint density at radius 3 is 1.12 bits per heavy atom. The van der Waals surface area contributed by atoms with Crippen molar-refractivity contribution in [2.75, 3.05) is 0 Å². The maximum atomic E-state index is 14.7. The highest BCUT2D eigenvalue weighted by molar-refractivity contribution is 5.30. The Morgan fingerprint density at radius 1 is 0.431 bits per heavy atom. The zero-order chi connectivity index (χ0) is 39.3. The van der Waals surface area contributed by atoms with Crippen LogP contribution in [0.4, 0.5) is 83.4 Å². The van der Waals surface area contributed by atoms with Gasteiger partial charge in [-0.3, -0.25) is 0 Å². The normalized spacial score (nSPS) is 24.2. The van der Waals surface area contributed by atoms with Crippen molar-refractivity contribution >= 4 is 0 Å². The summed E-state index contributed by atoms with van der Waals surface area (Å²) in [4.78, 5) is 0. The fourth-order valence-electron chi connectivity index (χ4n) is 7.10. The molecule has 0 aromatic heterocycles. The number of hydrogen-bond acceptors (Lipinski definition) is 0. The quantitative estimate of drug-likeness (QED) is 0.165. The van der Waals surface area contributed by atoms with Crippen LogP contribution in [0.2, 0.25) is 0 Å². The lowest BCUT2D eigenvalue weighted by atomic mass is 9.68. The van der Waals surface area contributed by atoms with Crippen LogP contribution in [0.5, 0.6) is 0 Å². The van der Waals surface area contributed by atoms with Gasteiger partial charge in [-0.15, -0.1) is 0 Å². The Hall–Kier alpha value is -2.11. The average molecular weight is 781 g/mol. The van der Waals surface area contributed by atoms with Crippen LogP contribution in [-0.2, 0) is 12.3 Å². The largest absolute Gasteiger partial charge is 0.460 e. The number of benzene rings is 1. The van der Waals surface area contributed by atoms with E-state index in [1.54, 1.807) is 0 Å². The van der Waals surface area contributed by atoms with Crippen LogP contribution in [0.3, 0.4) is 0 Å². The van der Waals surface area contributed by atoms with Crippen LogP contribution in [0, 0.1) is 23.7 Å². The first-order valence-corrected chi connectivity index (χ1v) is 16.1. The molecule has 0 bridgehead atoms. The molecule has 0 amide bonds. The number of hydrogen-bond donors (Lipinski definition) is 0. The number of halogens is 19. The first-order chi connectivity index (χ1) is 23.0. The Labute approximate surface area is 280 Å². The lowest BCUT2D eigenvalue weighted by Gasteiger charge is -2.43. The monoisotopic (exact) mass is 780 g/mol. The molecule has 19 heteroatoms. The summed E-state index contributed by atoms with van der Waals surface area (Å²) in [7, 11) is 0. The third-order valence-electron chi connectivity index (χ3n) is 10.4. The van der Waals surface area contributed by atoms with Crippen LogP contribution < -0.4 is 0 Å². The second-order valence-electron chi connectivity index (χ2n) is 13.7. The molecule has 1 aromatic rings. The Kier molecular flexibility index (Phi) is 12.1. The third-order valence-corrected chi connectivity index (χ3v) is 10.4. The molecule has 0 radical (unpaired) electrons. The summed E-state index contributed by atoms with van der Waals surface area (Å²) in [6.07, 6.45) is 3.36. The maximum absolute atomic E-state index is 14.7. The van der Waals surface area contributed by atoms with Gasteiger partial charge in [-0.05, 0) is 67.8 Å². The van der Waals surface area contributed by atoms with Gasteiger partial charge in [-0.2, -0.15) is 83.4 Å². The molecule has 0 saturated heterocycles. The smallest absolute Gasteiger partial charge is 0.194 e. The van der Waals surface area contributed by atoms with Crippen molar-refractivity contribution in [2.24, 2.45) is 23.7 Å². The van der Waals surface area contributed by atoms with Crippen LogP contribution >= 0.6 is 0 Å². The lowest BCUT2D eigenvalue weighted by molar-refractivity contribution is -0.469. The lowest BCUT2D eigenvalue weighted by Crippen LogP contribution is -2.75. The van der Waals surface area contributed by atoms with Gasteiger partial charge in [0.2, 0.25) is 0 Å². The molecule has 1 aromatic carbocycles. The predicted octanol–water partition coefficient (Wildman–Crippen LogP) is 13.1. The number of aryl methyl sites for hydroxylation is 1. The van der Waals surface area contributed by atoms with Crippen molar-refractivity contribution in [1.29, 1.82) is 0 Å². The molecule has 2 fully saturated rings. The first kappa shape index (κ1) is 43.3. The molecule has 0 heterocycles. The van der Waals surface area contributed by atoms with Crippen LogP contribution in [0.1, 0.15) is 88.7 Å². The van der Waals surface area contributed by atoms with Crippen molar-refractivity contribution in [3.8, 4) is 0 Å². The average Bonchev–Trinajstić information content (AvgIpc) is 3.03. The van der Waals surface area contributed by atoms with Gasteiger partial charge in [-0.1, -0.05) is 69.7 Å². The molecule has 296 valence electrons. The van der Waals surface area contributed by atoms with E-state index in [1.807, 2.05) is 0 Å². The maximum Gasteiger partial charge on any atom is 0.460 e. The summed E-state index contributed by atoms with van der Waals surface area (Å²) in [5.74, 6) is -64.5. The summed E-state index contributed by atoms with van der Waals surface area (Å²) in [6.45, 7) is 2.15. The number of alkyl halides is 19. The summed E-state index contributed by atoms with van der Waals surface area (Å²) >= 11 is 0. The summed E-state index contributed by atoms with van der Waals surface area (Å²) in [5, 5.41) is 0. The molecule has 2 aliphatic carbocycles. The molecule has 0 unspecified atom stereocenters. The molecule has 0 nitrogen and oxygen atoms in total. The summed E-state index contributed by atoms with van der Waals surface area (Å²) < 4.78 is 260. The van der Waals surface area contributed by atoms with E-state index in [0.29, 0.717) is 30.4 Å². The van der Waals surface area contributed by atoms with Crippen LogP contribution in [0.25, 0.3) is 0 Å². The van der Waals surface area contributed by atoms with Gasteiger partial charge < -0.3 is 0 Å². The van der Waals surface area contributed by atoms with Gasteiger partial charge in [0.15, 0.2) is 0 Å². The van der Waals surface area contributed by atoms with Crippen molar-refractivity contribution < 1.29 is 83.4 Å². The van der Waals surface area contributed by atoms with E-state index in [1.165, 1.54) is 19.3 Å². The van der Waals surface area contributed by atoms with Crippen LogP contribution in [-0.4, -0.2) is 47.6 Å². The predicted molar refractivity (Wildman–Crippen MR) is 145 cm³/mol. The highest BCUT2D eigenvalue weighted by Gasteiger charge is 2.96. The van der Waals surface area contributed by atoms with Crippen molar-refractivity contribution in [1.82, 2.24) is 0 Å². The van der Waals surface area contributed by atoms with E-state index in [9.17, 15) is 83.4 Å². The van der Waals surface area contributed by atoms with E-state index in [-0.39, 0.29) is 30.0 Å². The molecule has 2 saturated carbocycles. The second-order valence-corrected chi connectivity index (χ2v) is 13.7. The minimum absolute atomic E-state index is 0.00797. The molecule has 0 atom stereocenters. The molecular weight excluding hydrogens is 745 g/mol. The Bertz CT molecular complexity index is 1280. The zero-order valence-electron chi connectivity index (χ0n) is 26.8. The zero-order valence-corrected chi connectivity index (χ0v) is 26.8. The molecule has 0 N–H and O–H groups in total. The molecule has 0 spiro atoms. The van der Waals surface area contributed by atoms with Gasteiger partial charge in [-0.25, -0.2) is 0 Å². The molecular formula is C32H35F19. The fourth-order valence-corrected chi connectivity index (χ4v) is 7.10. The van der Waals surface area contributed by atoms with Gasteiger partial charge in [0.25, 0.3) is 0 Å². The van der Waals surface area contributed by atoms with E-state index >= 15 is 0 Å². The fraction of sp³-hybridized carbons (Fsp3) is 0.812. The molecule has 51 heavy (non-hydrogen) atoms. The van der Waals surface area contributed by atoms with Crippen molar-refractivity contribution in [3.05, 3.63) is 35.4 Å². The van der Waals surface area contributed by atoms with Gasteiger partial charge in [0.1, 0.15) is 0 Å². The first-order valence-electron chi connectivity index (χ1n) is 16.1. The Morgan fingerprint density at radius 2 is 0.765 bits per heavy atom. The molecule has 3 rings (SSSR count). The highest BCUT2D eigenvalue weighted by Crippen LogP contribution is 2.66. The van der Waals surface area contributed by atoms with Crippen molar-refractivity contribution in [2.45, 2.75) is 138 Å². The van der Waals surface area contributed by atoms with Gasteiger partial charge in [0, 0.05) is 5.56 Å². The van der Waals surface area contributed by atoms with Crippen LogP contribution in [0.15, 0.2) is 24.3 Å². The number of rotatable bonds is 14. The summed E-state index contributed by atoms with van der Waals surface area (Å²) in [6, 6.07) is 1.37. The van der Waals surface area contributed by atoms with Crippen molar-refractivity contribution in [3.63, 3.8) is 0 Å². The highest BCUT2D eigenvalue weighted by atomic mass is 19.4. The summed E-state index contributed by atoms with van der Waals surface area (Å²) in [5.41, 5.74) is -2.10.